The number of benzene rings is 4. The van der Waals surface area contributed by atoms with Gasteiger partial charge < -0.3 is 18.9 Å². The van der Waals surface area contributed by atoms with Crippen molar-refractivity contribution in [1.29, 1.82) is 0 Å². The molecule has 0 aliphatic rings. The van der Waals surface area contributed by atoms with Crippen molar-refractivity contribution in [3.05, 3.63) is 94.1 Å². The number of ether oxygens (including phenoxy) is 4. The number of carbonyl (C=O) groups is 4. The highest BCUT2D eigenvalue weighted by Crippen LogP contribution is 2.47. The summed E-state index contributed by atoms with van der Waals surface area (Å²) in [6, 6.07) is 14.7. The second kappa shape index (κ2) is 17.7. The minimum Gasteiger partial charge on any atom is -0.426 e. The van der Waals surface area contributed by atoms with Crippen LogP contribution in [-0.2, 0) is 31.0 Å². The van der Waals surface area contributed by atoms with Gasteiger partial charge in [-0.05, 0) is 76.3 Å². The highest BCUT2D eigenvalue weighted by Gasteiger charge is 2.32. The SMILES string of the molecule is CC(=O)Oc1c(C)c(CC=C(C)C)c(OC(=O)CCC(=O)Oc2c(C(C)(C)C/C=C(\C)CC(C)C)c(C)c(OC(C)=O)c3ccccc23)c2ccccc12. The summed E-state index contributed by atoms with van der Waals surface area (Å²) in [4.78, 5) is 51.6. The minimum atomic E-state index is -0.604. The molecule has 0 radical (unpaired) electrons. The Balaban J connectivity index is 1.70. The van der Waals surface area contributed by atoms with E-state index in [4.69, 9.17) is 18.9 Å². The summed E-state index contributed by atoms with van der Waals surface area (Å²) in [5.41, 5.74) is 4.66. The molecule has 54 heavy (non-hydrogen) atoms. The largest absolute Gasteiger partial charge is 0.426 e. The van der Waals surface area contributed by atoms with Crippen molar-refractivity contribution < 1.29 is 38.1 Å². The van der Waals surface area contributed by atoms with Crippen molar-refractivity contribution in [3.8, 4) is 23.0 Å². The van der Waals surface area contributed by atoms with Crippen molar-refractivity contribution in [2.24, 2.45) is 5.92 Å². The molecule has 0 saturated carbocycles. The maximum Gasteiger partial charge on any atom is 0.311 e. The lowest BCUT2D eigenvalue weighted by Gasteiger charge is -2.30. The molecule has 0 N–H and O–H groups in total. The predicted octanol–water partition coefficient (Wildman–Crippen LogP) is 10.9. The van der Waals surface area contributed by atoms with Gasteiger partial charge in [-0.25, -0.2) is 0 Å². The smallest absolute Gasteiger partial charge is 0.311 e. The van der Waals surface area contributed by atoms with Crippen molar-refractivity contribution in [1.82, 2.24) is 0 Å². The molecule has 8 heteroatoms. The molecule has 0 bridgehead atoms. The van der Waals surface area contributed by atoms with Crippen LogP contribution in [0.1, 0.15) is 110 Å². The van der Waals surface area contributed by atoms with E-state index >= 15 is 0 Å². The highest BCUT2D eigenvalue weighted by molar-refractivity contribution is 6.00. The van der Waals surface area contributed by atoms with Crippen LogP contribution < -0.4 is 18.9 Å². The summed E-state index contributed by atoms with van der Waals surface area (Å²) in [6.45, 7) is 21.1. The lowest BCUT2D eigenvalue weighted by Crippen LogP contribution is -2.23. The average Bonchev–Trinajstić information content (AvgIpc) is 3.09. The summed E-state index contributed by atoms with van der Waals surface area (Å²) < 4.78 is 23.7. The Labute approximate surface area is 319 Å². The van der Waals surface area contributed by atoms with Gasteiger partial charge in [0.25, 0.3) is 0 Å². The number of fused-ring (bicyclic) bond motifs is 2. The normalized spacial score (nSPS) is 11.8. The fraction of sp³-hybridized carbons (Fsp3) is 0.391. The van der Waals surface area contributed by atoms with Crippen LogP contribution in [-0.4, -0.2) is 23.9 Å². The standard InChI is InChI=1S/C46H54O8/c1-27(2)20-21-34-30(6)42(51-32(8)47)35-16-12-14-18-37(35)44(34)53-39(49)22-23-40(50)54-45-38-19-15-13-17-36(38)43(52-33(9)48)31(7)41(45)46(10,11)25-24-29(5)26-28(3)4/h12-20,24,28H,21-23,25-26H2,1-11H3/b29-24+. The van der Waals surface area contributed by atoms with Crippen LogP contribution >= 0.6 is 0 Å². The van der Waals surface area contributed by atoms with Crippen molar-refractivity contribution in [3.63, 3.8) is 0 Å². The van der Waals surface area contributed by atoms with E-state index in [0.29, 0.717) is 80.0 Å². The Morgan fingerprint density at radius 2 is 1.07 bits per heavy atom. The quantitative estimate of drug-likeness (QED) is 0.0716. The first-order valence-corrected chi connectivity index (χ1v) is 18.6. The Kier molecular flexibility index (Phi) is 13.6. The molecule has 0 amide bonds. The zero-order valence-electron chi connectivity index (χ0n) is 33.7. The summed E-state index contributed by atoms with van der Waals surface area (Å²) in [6.07, 6.45) is 5.82. The third-order valence-corrected chi connectivity index (χ3v) is 9.38. The Morgan fingerprint density at radius 3 is 1.54 bits per heavy atom. The first kappa shape index (κ1) is 41.5. The molecular weight excluding hydrogens is 680 g/mol. The molecule has 4 aromatic carbocycles. The Morgan fingerprint density at radius 1 is 0.630 bits per heavy atom. The van der Waals surface area contributed by atoms with Crippen LogP contribution in [0, 0.1) is 19.8 Å². The van der Waals surface area contributed by atoms with Gasteiger partial charge >= 0.3 is 23.9 Å². The second-order valence-electron chi connectivity index (χ2n) is 15.4. The number of rotatable bonds is 14. The van der Waals surface area contributed by atoms with Gasteiger partial charge in [-0.3, -0.25) is 19.2 Å². The number of hydrogen-bond donors (Lipinski definition) is 0. The highest BCUT2D eigenvalue weighted by atomic mass is 16.6. The maximum atomic E-state index is 13.7. The van der Waals surface area contributed by atoms with Crippen LogP contribution in [0.2, 0.25) is 0 Å². The molecule has 0 spiro atoms. The second-order valence-corrected chi connectivity index (χ2v) is 15.4. The van der Waals surface area contributed by atoms with Crippen molar-refractivity contribution in [2.75, 3.05) is 0 Å². The van der Waals surface area contributed by atoms with Gasteiger partial charge in [0.2, 0.25) is 0 Å². The molecule has 0 atom stereocenters. The molecule has 0 aliphatic heterocycles. The van der Waals surface area contributed by atoms with E-state index in [1.807, 2.05) is 82.3 Å². The molecule has 0 aliphatic carbocycles. The third kappa shape index (κ3) is 10.0. The van der Waals surface area contributed by atoms with E-state index in [1.165, 1.54) is 19.4 Å². The van der Waals surface area contributed by atoms with E-state index in [2.05, 4.69) is 40.7 Å². The lowest BCUT2D eigenvalue weighted by molar-refractivity contribution is -0.140. The topological polar surface area (TPSA) is 105 Å². The maximum absolute atomic E-state index is 13.7. The molecule has 4 aromatic rings. The fourth-order valence-corrected chi connectivity index (χ4v) is 6.98. The van der Waals surface area contributed by atoms with Crippen LogP contribution in [0.3, 0.4) is 0 Å². The average molecular weight is 735 g/mol. The summed E-state index contributed by atoms with van der Waals surface area (Å²) in [7, 11) is 0. The predicted molar refractivity (Wildman–Crippen MR) is 214 cm³/mol. The van der Waals surface area contributed by atoms with Gasteiger partial charge in [0, 0.05) is 46.5 Å². The van der Waals surface area contributed by atoms with Gasteiger partial charge in [-0.2, -0.15) is 0 Å². The summed E-state index contributed by atoms with van der Waals surface area (Å²) in [5.74, 6) is 0.000400. The number of carbonyl (C=O) groups excluding carboxylic acids is 4. The summed E-state index contributed by atoms with van der Waals surface area (Å²) >= 11 is 0. The van der Waals surface area contributed by atoms with Crippen molar-refractivity contribution in [2.45, 2.75) is 114 Å². The molecular formula is C46H54O8. The lowest BCUT2D eigenvalue weighted by atomic mass is 9.76. The molecule has 286 valence electrons. The molecule has 0 saturated heterocycles. The molecule has 0 heterocycles. The Hall–Kier alpha value is -5.24. The van der Waals surface area contributed by atoms with E-state index in [1.54, 1.807) is 0 Å². The number of esters is 4. The first-order chi connectivity index (χ1) is 25.4. The molecule has 4 rings (SSSR count). The molecule has 8 nitrogen and oxygen atoms in total. The van der Waals surface area contributed by atoms with Crippen LogP contribution in [0.25, 0.3) is 21.5 Å². The number of hydrogen-bond acceptors (Lipinski definition) is 8. The molecule has 0 unspecified atom stereocenters. The third-order valence-electron chi connectivity index (χ3n) is 9.38. The van der Waals surface area contributed by atoms with E-state index in [0.717, 1.165) is 17.6 Å². The van der Waals surface area contributed by atoms with E-state index < -0.39 is 29.3 Å². The monoisotopic (exact) mass is 734 g/mol. The number of allylic oxidation sites excluding steroid dienone is 4. The minimum absolute atomic E-state index is 0.238. The van der Waals surface area contributed by atoms with Gasteiger partial charge in [-0.15, -0.1) is 0 Å². The van der Waals surface area contributed by atoms with E-state index in [9.17, 15) is 19.2 Å². The van der Waals surface area contributed by atoms with Crippen LogP contribution in [0.5, 0.6) is 23.0 Å². The van der Waals surface area contributed by atoms with Gasteiger partial charge in [0.1, 0.15) is 23.0 Å². The van der Waals surface area contributed by atoms with E-state index in [-0.39, 0.29) is 12.8 Å². The first-order valence-electron chi connectivity index (χ1n) is 18.6. The van der Waals surface area contributed by atoms with Gasteiger partial charge in [0.05, 0.1) is 12.8 Å². The zero-order valence-corrected chi connectivity index (χ0v) is 33.7. The van der Waals surface area contributed by atoms with Crippen LogP contribution in [0.15, 0.2) is 71.8 Å². The summed E-state index contributed by atoms with van der Waals surface area (Å²) in [5, 5.41) is 2.52. The van der Waals surface area contributed by atoms with Gasteiger partial charge in [0.15, 0.2) is 0 Å². The van der Waals surface area contributed by atoms with Crippen LogP contribution in [0.4, 0.5) is 0 Å². The van der Waals surface area contributed by atoms with Gasteiger partial charge in [-0.1, -0.05) is 99.5 Å². The fourth-order valence-electron chi connectivity index (χ4n) is 6.98. The Bertz CT molecular complexity index is 2140. The molecule has 0 fully saturated rings. The van der Waals surface area contributed by atoms with Crippen molar-refractivity contribution >= 4 is 45.4 Å². The molecule has 0 aromatic heterocycles. The zero-order chi connectivity index (χ0) is 39.9.